The number of hydrogen-bond acceptors (Lipinski definition) is 3. The molecule has 0 aromatic carbocycles. The Balaban J connectivity index is 2.97. The number of carboxylic acids is 1. The molecule has 1 aromatic heterocycles. The summed E-state index contributed by atoms with van der Waals surface area (Å²) in [6.07, 6.45) is 0.614. The summed E-state index contributed by atoms with van der Waals surface area (Å²) < 4.78 is 5.19. The van der Waals surface area contributed by atoms with E-state index in [1.165, 1.54) is 0 Å². The standard InChI is InChI=1S/C9H13NO3/c1-5(2)4-7-8(9(11)12)10-6(3)13-7/h5H,4H2,1-3H3,(H,11,12). The third-order valence-corrected chi connectivity index (χ3v) is 1.60. The molecule has 0 saturated heterocycles. The summed E-state index contributed by atoms with van der Waals surface area (Å²) in [4.78, 5) is 14.5. The molecule has 4 heteroatoms. The van der Waals surface area contributed by atoms with Crippen molar-refractivity contribution in [2.45, 2.75) is 27.2 Å². The molecule has 0 spiro atoms. The van der Waals surface area contributed by atoms with Gasteiger partial charge in [0.1, 0.15) is 5.76 Å². The Morgan fingerprint density at radius 3 is 2.69 bits per heavy atom. The number of aromatic nitrogens is 1. The second-order valence-corrected chi connectivity index (χ2v) is 3.41. The quantitative estimate of drug-likeness (QED) is 0.777. The second kappa shape index (κ2) is 3.60. The lowest BCUT2D eigenvalue weighted by Crippen LogP contribution is -2.03. The van der Waals surface area contributed by atoms with E-state index >= 15 is 0 Å². The normalized spacial score (nSPS) is 10.8. The fourth-order valence-corrected chi connectivity index (χ4v) is 1.15. The topological polar surface area (TPSA) is 63.3 Å². The SMILES string of the molecule is Cc1nc(C(=O)O)c(CC(C)C)o1. The van der Waals surface area contributed by atoms with Crippen LogP contribution in [-0.2, 0) is 6.42 Å². The van der Waals surface area contributed by atoms with Crippen molar-refractivity contribution in [3.05, 3.63) is 17.3 Å². The van der Waals surface area contributed by atoms with Crippen LogP contribution in [0.25, 0.3) is 0 Å². The monoisotopic (exact) mass is 183 g/mol. The zero-order valence-electron chi connectivity index (χ0n) is 8.00. The van der Waals surface area contributed by atoms with Gasteiger partial charge in [-0.25, -0.2) is 9.78 Å². The van der Waals surface area contributed by atoms with Crippen LogP contribution in [0.5, 0.6) is 0 Å². The molecule has 0 unspecified atom stereocenters. The molecule has 0 saturated carbocycles. The average molecular weight is 183 g/mol. The molecule has 1 heterocycles. The first-order valence-electron chi connectivity index (χ1n) is 4.20. The number of aromatic carboxylic acids is 1. The first-order valence-corrected chi connectivity index (χ1v) is 4.20. The zero-order chi connectivity index (χ0) is 10.0. The van der Waals surface area contributed by atoms with E-state index < -0.39 is 5.97 Å². The summed E-state index contributed by atoms with van der Waals surface area (Å²) in [7, 11) is 0. The van der Waals surface area contributed by atoms with Crippen LogP contribution >= 0.6 is 0 Å². The van der Waals surface area contributed by atoms with Crippen LogP contribution in [0.3, 0.4) is 0 Å². The Bertz CT molecular complexity index is 315. The molecular weight excluding hydrogens is 170 g/mol. The van der Waals surface area contributed by atoms with Gasteiger partial charge >= 0.3 is 5.97 Å². The van der Waals surface area contributed by atoms with Crippen molar-refractivity contribution in [1.82, 2.24) is 4.98 Å². The lowest BCUT2D eigenvalue weighted by Gasteiger charge is -2.00. The molecule has 1 rings (SSSR count). The number of oxazole rings is 1. The number of aryl methyl sites for hydroxylation is 1. The van der Waals surface area contributed by atoms with Crippen LogP contribution in [0.15, 0.2) is 4.42 Å². The molecule has 13 heavy (non-hydrogen) atoms. The van der Waals surface area contributed by atoms with Gasteiger partial charge in [0.05, 0.1) is 0 Å². The highest BCUT2D eigenvalue weighted by Crippen LogP contribution is 2.15. The molecule has 0 fully saturated rings. The van der Waals surface area contributed by atoms with E-state index in [0.29, 0.717) is 24.0 Å². The van der Waals surface area contributed by atoms with Gasteiger partial charge < -0.3 is 9.52 Å². The molecule has 0 radical (unpaired) electrons. The molecule has 0 aliphatic carbocycles. The van der Waals surface area contributed by atoms with E-state index in [-0.39, 0.29) is 5.69 Å². The van der Waals surface area contributed by atoms with Crippen molar-refractivity contribution in [3.63, 3.8) is 0 Å². The van der Waals surface area contributed by atoms with E-state index in [2.05, 4.69) is 4.98 Å². The number of nitrogens with zero attached hydrogens (tertiary/aromatic N) is 1. The van der Waals surface area contributed by atoms with E-state index in [1.807, 2.05) is 13.8 Å². The highest BCUT2D eigenvalue weighted by molar-refractivity contribution is 5.86. The number of carboxylic acid groups (broad SMARTS) is 1. The third kappa shape index (κ3) is 2.31. The van der Waals surface area contributed by atoms with Crippen LogP contribution in [0.4, 0.5) is 0 Å². The molecule has 0 bridgehead atoms. The van der Waals surface area contributed by atoms with Crippen molar-refractivity contribution in [2.75, 3.05) is 0 Å². The summed E-state index contributed by atoms with van der Waals surface area (Å²) >= 11 is 0. The summed E-state index contributed by atoms with van der Waals surface area (Å²) in [5, 5.41) is 8.77. The van der Waals surface area contributed by atoms with Gasteiger partial charge in [0.2, 0.25) is 0 Å². The maximum atomic E-state index is 10.7. The molecular formula is C9H13NO3. The second-order valence-electron chi connectivity index (χ2n) is 3.41. The summed E-state index contributed by atoms with van der Waals surface area (Å²) in [5.41, 5.74) is 0.0474. The Labute approximate surface area is 76.6 Å². The first-order chi connectivity index (χ1) is 6.00. The predicted octanol–water partition coefficient (Wildman–Crippen LogP) is 1.88. The number of carbonyl (C=O) groups is 1. The Morgan fingerprint density at radius 1 is 1.62 bits per heavy atom. The van der Waals surface area contributed by atoms with Gasteiger partial charge in [-0.15, -0.1) is 0 Å². The molecule has 72 valence electrons. The van der Waals surface area contributed by atoms with Gasteiger partial charge in [-0.1, -0.05) is 13.8 Å². The van der Waals surface area contributed by atoms with Crippen molar-refractivity contribution < 1.29 is 14.3 Å². The smallest absolute Gasteiger partial charge is 0.358 e. The van der Waals surface area contributed by atoms with Crippen LogP contribution in [-0.4, -0.2) is 16.1 Å². The van der Waals surface area contributed by atoms with Crippen molar-refractivity contribution >= 4 is 5.97 Å². The first kappa shape index (κ1) is 9.77. The van der Waals surface area contributed by atoms with Crippen LogP contribution < -0.4 is 0 Å². The summed E-state index contributed by atoms with van der Waals surface area (Å²) in [6, 6.07) is 0. The average Bonchev–Trinajstić information content (AvgIpc) is 2.29. The lowest BCUT2D eigenvalue weighted by atomic mass is 10.1. The highest BCUT2D eigenvalue weighted by atomic mass is 16.4. The lowest BCUT2D eigenvalue weighted by molar-refractivity contribution is 0.0688. The van der Waals surface area contributed by atoms with Gasteiger partial charge in [0.15, 0.2) is 11.6 Å². The minimum absolute atomic E-state index is 0.0474. The molecule has 1 aromatic rings. The number of rotatable bonds is 3. The molecule has 1 N–H and O–H groups in total. The van der Waals surface area contributed by atoms with Crippen LogP contribution in [0, 0.1) is 12.8 Å². The molecule has 0 aliphatic heterocycles. The van der Waals surface area contributed by atoms with Gasteiger partial charge in [-0.05, 0) is 5.92 Å². The molecule has 4 nitrogen and oxygen atoms in total. The van der Waals surface area contributed by atoms with Crippen LogP contribution in [0.1, 0.15) is 36.0 Å². The Morgan fingerprint density at radius 2 is 2.23 bits per heavy atom. The van der Waals surface area contributed by atoms with E-state index in [9.17, 15) is 4.79 Å². The summed E-state index contributed by atoms with van der Waals surface area (Å²) in [6.45, 7) is 5.66. The third-order valence-electron chi connectivity index (χ3n) is 1.60. The maximum absolute atomic E-state index is 10.7. The van der Waals surface area contributed by atoms with Gasteiger partial charge in [-0.3, -0.25) is 0 Å². The van der Waals surface area contributed by atoms with E-state index in [0.717, 1.165) is 0 Å². The fraction of sp³-hybridized carbons (Fsp3) is 0.556. The van der Waals surface area contributed by atoms with Crippen molar-refractivity contribution in [1.29, 1.82) is 0 Å². The summed E-state index contributed by atoms with van der Waals surface area (Å²) in [5.74, 6) is 0.228. The maximum Gasteiger partial charge on any atom is 0.358 e. The highest BCUT2D eigenvalue weighted by Gasteiger charge is 2.17. The minimum atomic E-state index is -1.02. The Hall–Kier alpha value is -1.32. The molecule has 0 atom stereocenters. The van der Waals surface area contributed by atoms with Gasteiger partial charge in [0, 0.05) is 13.3 Å². The van der Waals surface area contributed by atoms with E-state index in [4.69, 9.17) is 9.52 Å². The van der Waals surface area contributed by atoms with Crippen molar-refractivity contribution in [3.8, 4) is 0 Å². The van der Waals surface area contributed by atoms with Gasteiger partial charge in [0.25, 0.3) is 0 Å². The van der Waals surface area contributed by atoms with Crippen LogP contribution in [0.2, 0.25) is 0 Å². The predicted molar refractivity (Wildman–Crippen MR) is 46.7 cm³/mol. The molecule has 0 aliphatic rings. The van der Waals surface area contributed by atoms with Gasteiger partial charge in [-0.2, -0.15) is 0 Å². The number of hydrogen-bond donors (Lipinski definition) is 1. The minimum Gasteiger partial charge on any atom is -0.476 e. The van der Waals surface area contributed by atoms with Crippen molar-refractivity contribution in [2.24, 2.45) is 5.92 Å². The molecule has 0 amide bonds. The Kier molecular flexibility index (Phi) is 2.70. The largest absolute Gasteiger partial charge is 0.476 e. The fourth-order valence-electron chi connectivity index (χ4n) is 1.15. The van der Waals surface area contributed by atoms with E-state index in [1.54, 1.807) is 6.92 Å². The zero-order valence-corrected chi connectivity index (χ0v) is 8.00.